The van der Waals surface area contributed by atoms with Crippen LogP contribution in [0.25, 0.3) is 0 Å². The summed E-state index contributed by atoms with van der Waals surface area (Å²) in [6.07, 6.45) is 0. The van der Waals surface area contributed by atoms with Gasteiger partial charge in [-0.25, -0.2) is 0 Å². The van der Waals surface area contributed by atoms with Crippen LogP contribution in [0.2, 0.25) is 5.02 Å². The molecule has 1 amide bonds. The standard InChI is InChI=1S/C8H7BrClNO2/c9-7(8(11)12)13-6-3-1-5(10)2-4-6/h1-4,7H,(H2,11,12). The molecule has 70 valence electrons. The van der Waals surface area contributed by atoms with Gasteiger partial charge >= 0.3 is 0 Å². The van der Waals surface area contributed by atoms with Gasteiger partial charge in [-0.05, 0) is 40.2 Å². The summed E-state index contributed by atoms with van der Waals surface area (Å²) in [7, 11) is 0. The number of halogens is 2. The largest absolute Gasteiger partial charge is 0.469 e. The Balaban J connectivity index is 2.64. The van der Waals surface area contributed by atoms with Gasteiger partial charge in [0.15, 0.2) is 0 Å². The second-order valence-electron chi connectivity index (χ2n) is 2.29. The first-order valence-corrected chi connectivity index (χ1v) is 4.74. The fourth-order valence-electron chi connectivity index (χ4n) is 0.691. The number of hydrogen-bond donors (Lipinski definition) is 1. The summed E-state index contributed by atoms with van der Waals surface area (Å²) in [5.41, 5.74) is 4.98. The van der Waals surface area contributed by atoms with Crippen molar-refractivity contribution < 1.29 is 9.53 Å². The molecule has 0 radical (unpaired) electrons. The Morgan fingerprint density at radius 1 is 1.46 bits per heavy atom. The van der Waals surface area contributed by atoms with Crippen molar-refractivity contribution in [1.82, 2.24) is 0 Å². The average Bonchev–Trinajstić information content (AvgIpc) is 2.08. The number of benzene rings is 1. The number of nitrogens with two attached hydrogens (primary N) is 1. The number of amides is 1. The first kappa shape index (κ1) is 10.3. The Morgan fingerprint density at radius 2 is 2.00 bits per heavy atom. The van der Waals surface area contributed by atoms with E-state index in [1.807, 2.05) is 0 Å². The monoisotopic (exact) mass is 263 g/mol. The molecular weight excluding hydrogens is 257 g/mol. The van der Waals surface area contributed by atoms with Gasteiger partial charge in [0.1, 0.15) is 5.75 Å². The van der Waals surface area contributed by atoms with Crippen LogP contribution in [0.15, 0.2) is 24.3 Å². The summed E-state index contributed by atoms with van der Waals surface area (Å²) in [5.74, 6) is -0.0416. The van der Waals surface area contributed by atoms with Crippen LogP contribution in [0.1, 0.15) is 0 Å². The van der Waals surface area contributed by atoms with E-state index in [0.717, 1.165) is 0 Å². The highest BCUT2D eigenvalue weighted by atomic mass is 79.9. The van der Waals surface area contributed by atoms with Crippen molar-refractivity contribution in [2.24, 2.45) is 5.73 Å². The average molecular weight is 265 g/mol. The van der Waals surface area contributed by atoms with E-state index in [-0.39, 0.29) is 0 Å². The van der Waals surface area contributed by atoms with E-state index >= 15 is 0 Å². The van der Waals surface area contributed by atoms with E-state index in [2.05, 4.69) is 15.9 Å². The molecule has 1 aromatic carbocycles. The van der Waals surface area contributed by atoms with Crippen LogP contribution in [0.3, 0.4) is 0 Å². The maximum atomic E-state index is 10.6. The van der Waals surface area contributed by atoms with Gasteiger partial charge in [-0.1, -0.05) is 11.6 Å². The summed E-state index contributed by atoms with van der Waals surface area (Å²) in [5, 5.41) is -0.203. The van der Waals surface area contributed by atoms with Gasteiger partial charge in [0.25, 0.3) is 5.91 Å². The highest BCUT2D eigenvalue weighted by molar-refractivity contribution is 9.09. The van der Waals surface area contributed by atoms with Gasteiger partial charge in [-0.2, -0.15) is 0 Å². The SMILES string of the molecule is NC(=O)C(Br)Oc1ccc(Cl)cc1. The molecule has 0 spiro atoms. The van der Waals surface area contributed by atoms with Crippen LogP contribution in [0, 0.1) is 0 Å². The first-order valence-electron chi connectivity index (χ1n) is 3.45. The molecule has 1 atom stereocenters. The predicted molar refractivity (Wildman–Crippen MR) is 54.0 cm³/mol. The van der Waals surface area contributed by atoms with Crippen molar-refractivity contribution in [3.05, 3.63) is 29.3 Å². The van der Waals surface area contributed by atoms with E-state index in [0.29, 0.717) is 10.8 Å². The van der Waals surface area contributed by atoms with E-state index < -0.39 is 10.9 Å². The molecule has 1 unspecified atom stereocenters. The Bertz CT molecular complexity index is 302. The molecule has 3 nitrogen and oxygen atoms in total. The van der Waals surface area contributed by atoms with Crippen molar-refractivity contribution in [3.63, 3.8) is 0 Å². The molecule has 0 saturated carbocycles. The quantitative estimate of drug-likeness (QED) is 0.848. The second kappa shape index (κ2) is 4.48. The van der Waals surface area contributed by atoms with E-state index in [1.165, 1.54) is 0 Å². The zero-order valence-electron chi connectivity index (χ0n) is 6.54. The number of carbonyl (C=O) groups excluding carboxylic acids is 1. The molecular formula is C8H7BrClNO2. The lowest BCUT2D eigenvalue weighted by atomic mass is 10.3. The zero-order valence-corrected chi connectivity index (χ0v) is 8.88. The third-order valence-corrected chi connectivity index (χ3v) is 2.17. The maximum Gasteiger partial charge on any atom is 0.269 e. The minimum Gasteiger partial charge on any atom is -0.469 e. The lowest BCUT2D eigenvalue weighted by molar-refractivity contribution is -0.121. The number of hydrogen-bond acceptors (Lipinski definition) is 2. The molecule has 1 aromatic rings. The van der Waals surface area contributed by atoms with E-state index in [9.17, 15) is 4.79 Å². The smallest absolute Gasteiger partial charge is 0.269 e. The predicted octanol–water partition coefficient (Wildman–Crippen LogP) is 1.93. The first-order chi connectivity index (χ1) is 6.09. The van der Waals surface area contributed by atoms with Crippen molar-refractivity contribution >= 4 is 33.4 Å². The van der Waals surface area contributed by atoms with Crippen molar-refractivity contribution in [3.8, 4) is 5.75 Å². The Kier molecular flexibility index (Phi) is 3.57. The lowest BCUT2D eigenvalue weighted by Crippen LogP contribution is -2.27. The number of alkyl halides is 1. The van der Waals surface area contributed by atoms with Gasteiger partial charge < -0.3 is 10.5 Å². The molecule has 0 fully saturated rings. The molecule has 0 aliphatic rings. The highest BCUT2D eigenvalue weighted by Crippen LogP contribution is 2.17. The van der Waals surface area contributed by atoms with Crippen molar-refractivity contribution in [2.45, 2.75) is 5.01 Å². The van der Waals surface area contributed by atoms with Crippen LogP contribution in [-0.2, 0) is 4.79 Å². The summed E-state index contributed by atoms with van der Waals surface area (Å²) in [6.45, 7) is 0. The molecule has 5 heteroatoms. The molecule has 13 heavy (non-hydrogen) atoms. The number of rotatable bonds is 3. The number of ether oxygens (including phenoxy) is 1. The van der Waals surface area contributed by atoms with Crippen LogP contribution < -0.4 is 10.5 Å². The van der Waals surface area contributed by atoms with E-state index in [4.69, 9.17) is 22.1 Å². The fourth-order valence-corrected chi connectivity index (χ4v) is 1.03. The Morgan fingerprint density at radius 3 is 2.46 bits per heavy atom. The minimum atomic E-state index is -0.811. The summed E-state index contributed by atoms with van der Waals surface area (Å²) >= 11 is 8.62. The van der Waals surface area contributed by atoms with Gasteiger partial charge in [0.05, 0.1) is 0 Å². The third kappa shape index (κ3) is 3.24. The summed E-state index contributed by atoms with van der Waals surface area (Å²) in [4.78, 5) is 10.6. The highest BCUT2D eigenvalue weighted by Gasteiger charge is 2.11. The summed E-state index contributed by atoms with van der Waals surface area (Å²) in [6, 6.07) is 6.63. The summed E-state index contributed by atoms with van der Waals surface area (Å²) < 4.78 is 5.11. The second-order valence-corrected chi connectivity index (χ2v) is 3.56. The molecule has 2 N–H and O–H groups in total. The molecule has 0 aliphatic carbocycles. The molecule has 0 bridgehead atoms. The zero-order chi connectivity index (χ0) is 9.84. The van der Waals surface area contributed by atoms with Gasteiger partial charge in [0, 0.05) is 5.02 Å². The normalized spacial score (nSPS) is 12.2. The Labute approximate surface area is 88.9 Å². The van der Waals surface area contributed by atoms with Crippen LogP contribution in [0.5, 0.6) is 5.75 Å². The van der Waals surface area contributed by atoms with Gasteiger partial charge in [0.2, 0.25) is 5.01 Å². The molecule has 0 aliphatic heterocycles. The van der Waals surface area contributed by atoms with Crippen LogP contribution >= 0.6 is 27.5 Å². The fraction of sp³-hybridized carbons (Fsp3) is 0.125. The molecule has 1 rings (SSSR count). The van der Waals surface area contributed by atoms with Crippen LogP contribution in [0.4, 0.5) is 0 Å². The molecule has 0 saturated heterocycles. The maximum absolute atomic E-state index is 10.6. The van der Waals surface area contributed by atoms with Crippen LogP contribution in [-0.4, -0.2) is 10.9 Å². The number of primary amides is 1. The number of carbonyl (C=O) groups is 1. The topological polar surface area (TPSA) is 52.3 Å². The van der Waals surface area contributed by atoms with Gasteiger partial charge in [-0.15, -0.1) is 0 Å². The van der Waals surface area contributed by atoms with Crippen molar-refractivity contribution in [2.75, 3.05) is 0 Å². The van der Waals surface area contributed by atoms with Crippen molar-refractivity contribution in [1.29, 1.82) is 0 Å². The molecule has 0 aromatic heterocycles. The Hall–Kier alpha value is -0.740. The molecule has 0 heterocycles. The third-order valence-electron chi connectivity index (χ3n) is 1.28. The lowest BCUT2D eigenvalue weighted by Gasteiger charge is -2.08. The minimum absolute atomic E-state index is 0.532. The van der Waals surface area contributed by atoms with E-state index in [1.54, 1.807) is 24.3 Å². The van der Waals surface area contributed by atoms with Gasteiger partial charge in [-0.3, -0.25) is 4.79 Å².